The lowest BCUT2D eigenvalue weighted by molar-refractivity contribution is -0.135. The van der Waals surface area contributed by atoms with Crippen LogP contribution in [0.15, 0.2) is 54.6 Å². The Hall–Kier alpha value is -2.82. The minimum atomic E-state index is -0.880. The van der Waals surface area contributed by atoms with Crippen molar-refractivity contribution < 1.29 is 14.7 Å². The molecule has 5 heteroatoms. The minimum Gasteiger partial charge on any atom is -0.480 e. The van der Waals surface area contributed by atoms with Gasteiger partial charge in [-0.2, -0.15) is 0 Å². The van der Waals surface area contributed by atoms with E-state index in [1.807, 2.05) is 59.5 Å². The molecule has 26 heavy (non-hydrogen) atoms. The number of rotatable bonds is 6. The number of carboxylic acid groups (broad SMARTS) is 1. The highest BCUT2D eigenvalue weighted by molar-refractivity contribution is 5.94. The summed E-state index contributed by atoms with van der Waals surface area (Å²) >= 11 is 0. The summed E-state index contributed by atoms with van der Waals surface area (Å²) < 4.78 is 0. The maximum Gasteiger partial charge on any atom is 0.323 e. The largest absolute Gasteiger partial charge is 0.480 e. The molecule has 0 atom stereocenters. The summed E-state index contributed by atoms with van der Waals surface area (Å²) in [5.74, 6) is -0.814. The van der Waals surface area contributed by atoms with Crippen molar-refractivity contribution in [3.8, 4) is 0 Å². The molecular formula is C21H24N2O3. The van der Waals surface area contributed by atoms with Crippen LogP contribution in [0.3, 0.4) is 0 Å². The predicted octanol–water partition coefficient (Wildman–Crippen LogP) is 3.40. The summed E-state index contributed by atoms with van der Waals surface area (Å²) in [5.41, 5.74) is 2.45. The van der Waals surface area contributed by atoms with E-state index in [1.54, 1.807) is 4.90 Å². The summed E-state index contributed by atoms with van der Waals surface area (Å²) in [5, 5.41) is 9.23. The lowest BCUT2D eigenvalue weighted by Crippen LogP contribution is -2.35. The van der Waals surface area contributed by atoms with E-state index in [-0.39, 0.29) is 12.5 Å². The summed E-state index contributed by atoms with van der Waals surface area (Å²) in [6.07, 6.45) is 3.31. The number of nitrogens with zero attached hydrogens (tertiary/aromatic N) is 2. The lowest BCUT2D eigenvalue weighted by atomic mass is 10.1. The molecule has 136 valence electrons. The second kappa shape index (κ2) is 8.52. The van der Waals surface area contributed by atoms with Crippen LogP contribution >= 0.6 is 0 Å². The van der Waals surface area contributed by atoms with E-state index >= 15 is 0 Å². The maximum atomic E-state index is 12.7. The number of carboxylic acids is 1. The van der Waals surface area contributed by atoms with E-state index in [9.17, 15) is 14.7 Å². The number of hydrogen-bond donors (Lipinski definition) is 1. The van der Waals surface area contributed by atoms with Crippen molar-refractivity contribution in [2.45, 2.75) is 25.8 Å². The van der Waals surface area contributed by atoms with Crippen molar-refractivity contribution in [2.24, 2.45) is 0 Å². The molecule has 1 fully saturated rings. The molecule has 1 aliphatic rings. The van der Waals surface area contributed by atoms with Gasteiger partial charge in [0.25, 0.3) is 5.91 Å². The van der Waals surface area contributed by atoms with Crippen LogP contribution < -0.4 is 4.90 Å². The topological polar surface area (TPSA) is 60.9 Å². The molecule has 5 nitrogen and oxygen atoms in total. The van der Waals surface area contributed by atoms with Crippen LogP contribution in [0, 0.1) is 0 Å². The number of carbonyl (C=O) groups excluding carboxylic acids is 1. The Morgan fingerprint density at radius 1 is 0.962 bits per heavy atom. The van der Waals surface area contributed by atoms with Gasteiger partial charge in [-0.1, -0.05) is 30.3 Å². The fraction of sp³-hybridized carbons (Fsp3) is 0.333. The van der Waals surface area contributed by atoms with Crippen molar-refractivity contribution in [1.82, 2.24) is 4.90 Å². The van der Waals surface area contributed by atoms with Gasteiger partial charge >= 0.3 is 5.97 Å². The smallest absolute Gasteiger partial charge is 0.323 e. The highest BCUT2D eigenvalue weighted by atomic mass is 16.4. The van der Waals surface area contributed by atoms with Gasteiger partial charge in [-0.15, -0.1) is 0 Å². The van der Waals surface area contributed by atoms with Gasteiger partial charge in [-0.25, -0.2) is 0 Å². The van der Waals surface area contributed by atoms with Crippen molar-refractivity contribution in [3.63, 3.8) is 0 Å². The first-order valence-corrected chi connectivity index (χ1v) is 9.03. The zero-order chi connectivity index (χ0) is 18.4. The van der Waals surface area contributed by atoms with E-state index in [1.165, 1.54) is 6.42 Å². The first kappa shape index (κ1) is 18.0. The Kier molecular flexibility index (Phi) is 5.89. The first-order valence-electron chi connectivity index (χ1n) is 9.03. The second-order valence-electron chi connectivity index (χ2n) is 6.64. The molecule has 1 amide bonds. The van der Waals surface area contributed by atoms with Crippen molar-refractivity contribution in [1.29, 1.82) is 0 Å². The molecule has 2 aromatic carbocycles. The Balaban J connectivity index is 1.77. The summed E-state index contributed by atoms with van der Waals surface area (Å²) in [6, 6.07) is 17.0. The molecule has 2 aromatic rings. The molecule has 0 radical (unpaired) electrons. The Bertz CT molecular complexity index is 755. The number of anilines is 1. The fourth-order valence-electron chi connectivity index (χ4n) is 3.34. The van der Waals surface area contributed by atoms with Crippen molar-refractivity contribution in [3.05, 3.63) is 65.7 Å². The highest BCUT2D eigenvalue weighted by Gasteiger charge is 2.19. The van der Waals surface area contributed by atoms with Crippen LogP contribution in [0.1, 0.15) is 35.2 Å². The minimum absolute atomic E-state index is 0.0658. The van der Waals surface area contributed by atoms with Crippen LogP contribution in [-0.2, 0) is 11.3 Å². The normalized spacial score (nSPS) is 14.1. The van der Waals surface area contributed by atoms with Crippen molar-refractivity contribution in [2.75, 3.05) is 24.5 Å². The zero-order valence-corrected chi connectivity index (χ0v) is 14.8. The van der Waals surface area contributed by atoms with Crippen LogP contribution in [0.2, 0.25) is 0 Å². The van der Waals surface area contributed by atoms with Crippen molar-refractivity contribution >= 4 is 17.6 Å². The maximum absolute atomic E-state index is 12.7. The molecule has 0 saturated carbocycles. The number of amides is 1. The molecule has 1 saturated heterocycles. The van der Waals surface area contributed by atoms with Gasteiger partial charge in [0, 0.05) is 30.9 Å². The van der Waals surface area contributed by atoms with E-state index in [0.717, 1.165) is 37.2 Å². The van der Waals surface area contributed by atoms with E-state index in [0.29, 0.717) is 12.1 Å². The van der Waals surface area contributed by atoms with Crippen LogP contribution in [-0.4, -0.2) is 41.5 Å². The van der Waals surface area contributed by atoms with E-state index < -0.39 is 5.97 Å². The predicted molar refractivity (Wildman–Crippen MR) is 101 cm³/mol. The number of hydrogen-bond acceptors (Lipinski definition) is 3. The van der Waals surface area contributed by atoms with Gasteiger partial charge in [-0.3, -0.25) is 9.59 Å². The van der Waals surface area contributed by atoms with Gasteiger partial charge in [0.2, 0.25) is 0 Å². The molecule has 0 aliphatic carbocycles. The molecule has 0 unspecified atom stereocenters. The number of piperidine rings is 1. The van der Waals surface area contributed by atoms with Crippen LogP contribution in [0.25, 0.3) is 0 Å². The highest BCUT2D eigenvalue weighted by Crippen LogP contribution is 2.19. The monoisotopic (exact) mass is 352 g/mol. The quantitative estimate of drug-likeness (QED) is 0.865. The average molecular weight is 352 g/mol. The van der Waals surface area contributed by atoms with Gasteiger partial charge in [0.15, 0.2) is 0 Å². The van der Waals surface area contributed by atoms with E-state index in [2.05, 4.69) is 0 Å². The molecular weight excluding hydrogens is 328 g/mol. The molecule has 0 aromatic heterocycles. The molecule has 1 aliphatic heterocycles. The Morgan fingerprint density at radius 2 is 1.69 bits per heavy atom. The fourth-order valence-corrected chi connectivity index (χ4v) is 3.34. The SMILES string of the molecule is O=C(O)CN(Cc1cccc(C(=O)N2CCCCC2)c1)c1ccccc1. The standard InChI is InChI=1S/C21H24N2O3/c24-20(25)16-23(19-10-3-1-4-11-19)15-17-8-7-9-18(14-17)21(26)22-12-5-2-6-13-22/h1,3-4,7-11,14H,2,5-6,12-13,15-16H2,(H,24,25). The van der Waals surface area contributed by atoms with Gasteiger partial charge in [0.05, 0.1) is 0 Å². The third kappa shape index (κ3) is 4.63. The summed E-state index contributed by atoms with van der Waals surface area (Å²) in [6.45, 7) is 1.99. The third-order valence-corrected chi connectivity index (χ3v) is 4.64. The molecule has 3 rings (SSSR count). The number of para-hydroxylation sites is 1. The number of benzene rings is 2. The molecule has 1 N–H and O–H groups in total. The molecule has 1 heterocycles. The average Bonchev–Trinajstić information content (AvgIpc) is 2.68. The number of aliphatic carboxylic acids is 1. The zero-order valence-electron chi connectivity index (χ0n) is 14.8. The van der Waals surface area contributed by atoms with E-state index in [4.69, 9.17) is 0 Å². The summed E-state index contributed by atoms with van der Waals surface area (Å²) in [4.78, 5) is 27.7. The first-order chi connectivity index (χ1) is 12.6. The van der Waals surface area contributed by atoms with Crippen LogP contribution in [0.4, 0.5) is 5.69 Å². The van der Waals surface area contributed by atoms with Crippen LogP contribution in [0.5, 0.6) is 0 Å². The summed E-state index contributed by atoms with van der Waals surface area (Å²) in [7, 11) is 0. The van der Waals surface area contributed by atoms with Gasteiger partial charge < -0.3 is 14.9 Å². The number of likely N-dealkylation sites (tertiary alicyclic amines) is 1. The van der Waals surface area contributed by atoms with Gasteiger partial charge in [-0.05, 0) is 49.1 Å². The Morgan fingerprint density at radius 3 is 2.38 bits per heavy atom. The second-order valence-corrected chi connectivity index (χ2v) is 6.64. The van der Waals surface area contributed by atoms with Gasteiger partial charge in [0.1, 0.15) is 6.54 Å². The third-order valence-electron chi connectivity index (χ3n) is 4.64. The Labute approximate surface area is 153 Å². The lowest BCUT2D eigenvalue weighted by Gasteiger charge is -2.27. The molecule has 0 bridgehead atoms. The molecule has 0 spiro atoms. The number of carbonyl (C=O) groups is 2.